The maximum atomic E-state index is 11.0. The molecule has 0 fully saturated rings. The van der Waals surface area contributed by atoms with Crippen molar-refractivity contribution < 1.29 is 23.8 Å². The minimum atomic E-state index is -0.863. The number of hydrogen-bond acceptors (Lipinski definition) is 7. The first-order valence-corrected chi connectivity index (χ1v) is 5.73. The molecule has 1 amide bonds. The Labute approximate surface area is 120 Å². The number of nitriles is 1. The van der Waals surface area contributed by atoms with Crippen LogP contribution < -0.4 is 14.9 Å². The lowest BCUT2D eigenvalue weighted by Crippen LogP contribution is -2.16. The number of nitrogens with zero attached hydrogens (tertiary/aromatic N) is 2. The van der Waals surface area contributed by atoms with Gasteiger partial charge in [0.25, 0.3) is 5.91 Å². The lowest BCUT2D eigenvalue weighted by molar-refractivity contribution is -0.120. The molecular weight excluding hydrogens is 278 g/mol. The second kappa shape index (κ2) is 8.16. The number of ether oxygens (including phenoxy) is 3. The first-order chi connectivity index (χ1) is 10.1. The third kappa shape index (κ3) is 5.20. The molecule has 0 bridgehead atoms. The van der Waals surface area contributed by atoms with E-state index in [0.29, 0.717) is 11.3 Å². The van der Waals surface area contributed by atoms with Gasteiger partial charge in [0.05, 0.1) is 26.5 Å². The Kier molecular flexibility index (Phi) is 6.21. The second-order valence-corrected chi connectivity index (χ2v) is 3.59. The zero-order valence-corrected chi connectivity index (χ0v) is 11.5. The smallest absolute Gasteiger partial charge is 0.493 e. The van der Waals surface area contributed by atoms with E-state index in [0.717, 1.165) is 0 Å². The molecule has 0 saturated carbocycles. The molecule has 1 aromatic rings. The summed E-state index contributed by atoms with van der Waals surface area (Å²) in [6.45, 7) is 0. The van der Waals surface area contributed by atoms with Gasteiger partial charge in [-0.15, -0.1) is 0 Å². The normalized spacial score (nSPS) is 9.76. The summed E-state index contributed by atoms with van der Waals surface area (Å²) in [6.07, 6.45) is 0.227. The number of amides is 1. The van der Waals surface area contributed by atoms with Crippen LogP contribution in [0.1, 0.15) is 12.0 Å². The van der Waals surface area contributed by atoms with Crippen molar-refractivity contribution in [2.45, 2.75) is 6.42 Å². The van der Waals surface area contributed by atoms with Crippen LogP contribution in [-0.4, -0.2) is 32.5 Å². The Balaban J connectivity index is 2.78. The molecule has 0 atom stereocenters. The van der Waals surface area contributed by atoms with E-state index in [1.807, 2.05) is 0 Å². The molecule has 0 unspecified atom stereocenters. The number of carbonyl (C=O) groups is 2. The Morgan fingerprint density at radius 1 is 1.38 bits per heavy atom. The van der Waals surface area contributed by atoms with Gasteiger partial charge in [-0.25, -0.2) is 10.2 Å². The van der Waals surface area contributed by atoms with Crippen molar-refractivity contribution >= 4 is 18.3 Å². The molecule has 1 rings (SSSR count). The number of rotatable bonds is 5. The zero-order chi connectivity index (χ0) is 15.7. The molecule has 0 aliphatic heterocycles. The van der Waals surface area contributed by atoms with Crippen molar-refractivity contribution in [3.8, 4) is 17.6 Å². The standard InChI is InChI=1S/C13H13N3O5/c1-19-11-7-9(8-15-16-12(17)5-6-14)3-4-10(11)21-13(18)20-2/h3-4,7-8H,5H2,1-2H3,(H,16,17)/b15-8+. The van der Waals surface area contributed by atoms with Gasteiger partial charge >= 0.3 is 6.16 Å². The number of methoxy groups -OCH3 is 2. The minimum Gasteiger partial charge on any atom is -0.493 e. The fraction of sp³-hybridized carbons (Fsp3) is 0.231. The van der Waals surface area contributed by atoms with Crippen LogP contribution in [0.15, 0.2) is 23.3 Å². The van der Waals surface area contributed by atoms with E-state index in [9.17, 15) is 9.59 Å². The molecule has 1 N–H and O–H groups in total. The summed E-state index contributed by atoms with van der Waals surface area (Å²) in [4.78, 5) is 22.1. The van der Waals surface area contributed by atoms with E-state index in [2.05, 4.69) is 15.3 Å². The van der Waals surface area contributed by atoms with Crippen molar-refractivity contribution in [2.75, 3.05) is 14.2 Å². The third-order valence-corrected chi connectivity index (χ3v) is 2.19. The van der Waals surface area contributed by atoms with Crippen LogP contribution in [0, 0.1) is 11.3 Å². The van der Waals surface area contributed by atoms with Crippen LogP contribution in [0.4, 0.5) is 4.79 Å². The summed E-state index contributed by atoms with van der Waals surface area (Å²) in [6, 6.07) is 6.35. The van der Waals surface area contributed by atoms with Gasteiger partial charge in [-0.1, -0.05) is 0 Å². The molecule has 8 nitrogen and oxygen atoms in total. The molecule has 110 valence electrons. The van der Waals surface area contributed by atoms with Gasteiger partial charge in [-0.2, -0.15) is 10.4 Å². The quantitative estimate of drug-likeness (QED) is 0.378. The third-order valence-electron chi connectivity index (χ3n) is 2.19. The molecule has 0 aromatic heterocycles. The average molecular weight is 291 g/mol. The van der Waals surface area contributed by atoms with Crippen LogP contribution in [0.3, 0.4) is 0 Å². The van der Waals surface area contributed by atoms with Gasteiger partial charge in [0, 0.05) is 0 Å². The fourth-order valence-electron chi connectivity index (χ4n) is 1.27. The summed E-state index contributed by atoms with van der Waals surface area (Å²) in [5, 5.41) is 12.0. The molecule has 0 aliphatic rings. The van der Waals surface area contributed by atoms with Gasteiger partial charge in [0.15, 0.2) is 11.5 Å². The van der Waals surface area contributed by atoms with Gasteiger partial charge in [-0.3, -0.25) is 4.79 Å². The molecule has 0 spiro atoms. The summed E-state index contributed by atoms with van der Waals surface area (Å²) < 4.78 is 14.3. The molecule has 21 heavy (non-hydrogen) atoms. The van der Waals surface area contributed by atoms with Crippen LogP contribution in [0.25, 0.3) is 0 Å². The average Bonchev–Trinajstić information content (AvgIpc) is 2.48. The van der Waals surface area contributed by atoms with E-state index in [1.165, 1.54) is 26.5 Å². The topological polar surface area (TPSA) is 110 Å². The van der Waals surface area contributed by atoms with E-state index in [-0.39, 0.29) is 12.2 Å². The monoisotopic (exact) mass is 291 g/mol. The number of hydrogen-bond donors (Lipinski definition) is 1. The fourth-order valence-corrected chi connectivity index (χ4v) is 1.27. The Morgan fingerprint density at radius 3 is 2.76 bits per heavy atom. The van der Waals surface area contributed by atoms with Crippen LogP contribution in [-0.2, 0) is 9.53 Å². The van der Waals surface area contributed by atoms with E-state index in [4.69, 9.17) is 14.7 Å². The molecule has 8 heteroatoms. The minimum absolute atomic E-state index is 0.190. The molecule has 0 heterocycles. The van der Waals surface area contributed by atoms with Crippen molar-refractivity contribution in [1.82, 2.24) is 5.43 Å². The highest BCUT2D eigenvalue weighted by Gasteiger charge is 2.10. The molecule has 0 aliphatic carbocycles. The first kappa shape index (κ1) is 16.0. The van der Waals surface area contributed by atoms with Gasteiger partial charge in [-0.05, 0) is 23.8 Å². The Bertz CT molecular complexity index is 592. The summed E-state index contributed by atoms with van der Waals surface area (Å²) in [5.74, 6) is -0.0194. The summed E-state index contributed by atoms with van der Waals surface area (Å²) in [5.41, 5.74) is 2.79. The highest BCUT2D eigenvalue weighted by Crippen LogP contribution is 2.27. The van der Waals surface area contributed by atoms with Crippen LogP contribution >= 0.6 is 0 Å². The maximum Gasteiger partial charge on any atom is 0.513 e. The number of carbonyl (C=O) groups excluding carboxylic acids is 2. The number of hydrazone groups is 1. The van der Waals surface area contributed by atoms with Gasteiger partial charge < -0.3 is 14.2 Å². The lowest BCUT2D eigenvalue weighted by Gasteiger charge is -2.08. The maximum absolute atomic E-state index is 11.0. The first-order valence-electron chi connectivity index (χ1n) is 5.73. The number of benzene rings is 1. The predicted molar refractivity (Wildman–Crippen MR) is 72.0 cm³/mol. The van der Waals surface area contributed by atoms with Crippen LogP contribution in [0.2, 0.25) is 0 Å². The largest absolute Gasteiger partial charge is 0.513 e. The summed E-state index contributed by atoms with van der Waals surface area (Å²) >= 11 is 0. The van der Waals surface area contributed by atoms with E-state index < -0.39 is 12.1 Å². The summed E-state index contributed by atoms with van der Waals surface area (Å²) in [7, 11) is 2.61. The molecule has 0 saturated heterocycles. The second-order valence-electron chi connectivity index (χ2n) is 3.59. The van der Waals surface area contributed by atoms with Crippen molar-refractivity contribution in [1.29, 1.82) is 5.26 Å². The van der Waals surface area contributed by atoms with Gasteiger partial charge in [0.2, 0.25) is 0 Å². The highest BCUT2D eigenvalue weighted by atomic mass is 16.7. The SMILES string of the molecule is COC(=O)Oc1ccc(/C=N/NC(=O)CC#N)cc1OC. The predicted octanol–water partition coefficient (Wildman–Crippen LogP) is 1.20. The van der Waals surface area contributed by atoms with Crippen molar-refractivity contribution in [2.24, 2.45) is 5.10 Å². The number of nitrogens with one attached hydrogen (secondary N) is 1. The Hall–Kier alpha value is -3.08. The molecule has 1 aromatic carbocycles. The van der Waals surface area contributed by atoms with Crippen molar-refractivity contribution in [3.63, 3.8) is 0 Å². The van der Waals surface area contributed by atoms with Crippen LogP contribution in [0.5, 0.6) is 11.5 Å². The van der Waals surface area contributed by atoms with Crippen molar-refractivity contribution in [3.05, 3.63) is 23.8 Å². The van der Waals surface area contributed by atoms with E-state index >= 15 is 0 Å². The molecule has 0 radical (unpaired) electrons. The zero-order valence-electron chi connectivity index (χ0n) is 11.5. The highest BCUT2D eigenvalue weighted by molar-refractivity contribution is 5.84. The van der Waals surface area contributed by atoms with Gasteiger partial charge in [0.1, 0.15) is 6.42 Å². The molecular formula is C13H13N3O5. The Morgan fingerprint density at radius 2 is 2.14 bits per heavy atom. The van der Waals surface area contributed by atoms with E-state index in [1.54, 1.807) is 18.2 Å². The lowest BCUT2D eigenvalue weighted by atomic mass is 10.2.